The monoisotopic (exact) mass is 311 g/mol. The molecule has 0 spiro atoms. The zero-order valence-corrected chi connectivity index (χ0v) is 14.0. The van der Waals surface area contributed by atoms with E-state index in [1.165, 1.54) is 29.5 Å². The summed E-state index contributed by atoms with van der Waals surface area (Å²) in [6.45, 7) is 0.988. The van der Waals surface area contributed by atoms with E-state index in [1.807, 2.05) is 6.07 Å². The molecule has 0 fully saturated rings. The molecule has 1 N–H and O–H groups in total. The molecule has 0 radical (unpaired) electrons. The molecule has 1 aliphatic carbocycles. The predicted molar refractivity (Wildman–Crippen MR) is 93.5 cm³/mol. The van der Waals surface area contributed by atoms with Crippen LogP contribution in [0.2, 0.25) is 0 Å². The number of methoxy groups -OCH3 is 2. The molecular weight excluding hydrogens is 286 g/mol. The number of fused-ring (bicyclic) bond motifs is 1. The molecule has 122 valence electrons. The van der Waals surface area contributed by atoms with Crippen LogP contribution in [0, 0.1) is 0 Å². The lowest BCUT2D eigenvalue weighted by Gasteiger charge is -2.25. The van der Waals surface area contributed by atoms with E-state index in [9.17, 15) is 0 Å². The molecule has 0 aromatic heterocycles. The highest BCUT2D eigenvalue weighted by Gasteiger charge is 2.17. The van der Waals surface area contributed by atoms with Crippen LogP contribution >= 0.6 is 0 Å². The number of nitrogens with one attached hydrogen (secondary N) is 1. The van der Waals surface area contributed by atoms with E-state index < -0.39 is 0 Å². The Morgan fingerprint density at radius 1 is 1.00 bits per heavy atom. The van der Waals surface area contributed by atoms with Crippen molar-refractivity contribution >= 4 is 0 Å². The topological polar surface area (TPSA) is 30.5 Å². The minimum Gasteiger partial charge on any atom is -0.493 e. The molecule has 2 aromatic carbocycles. The van der Waals surface area contributed by atoms with Crippen LogP contribution in [-0.2, 0) is 19.3 Å². The second-order valence-electron chi connectivity index (χ2n) is 6.10. The summed E-state index contributed by atoms with van der Waals surface area (Å²) in [4.78, 5) is 0. The molecular formula is C20H25NO2. The largest absolute Gasteiger partial charge is 0.493 e. The summed E-state index contributed by atoms with van der Waals surface area (Å²) in [7, 11) is 3.35. The number of aryl methyl sites for hydroxylation is 1. The summed E-state index contributed by atoms with van der Waals surface area (Å²) in [6.07, 6.45) is 4.55. The summed E-state index contributed by atoms with van der Waals surface area (Å²) in [5, 5.41) is 3.70. The highest BCUT2D eigenvalue weighted by Crippen LogP contribution is 2.27. The average molecular weight is 311 g/mol. The minimum atomic E-state index is 0.588. The molecule has 3 nitrogen and oxygen atoms in total. The van der Waals surface area contributed by atoms with E-state index in [2.05, 4.69) is 41.7 Å². The normalized spacial score (nSPS) is 16.7. The van der Waals surface area contributed by atoms with Crippen LogP contribution in [0.3, 0.4) is 0 Å². The van der Waals surface area contributed by atoms with Gasteiger partial charge in [-0.1, -0.05) is 30.3 Å². The first kappa shape index (κ1) is 15.9. The van der Waals surface area contributed by atoms with Crippen molar-refractivity contribution in [2.45, 2.75) is 31.7 Å². The second kappa shape index (κ2) is 7.51. The molecule has 3 rings (SSSR count). The van der Waals surface area contributed by atoms with Gasteiger partial charge in [0.1, 0.15) is 0 Å². The van der Waals surface area contributed by atoms with Crippen LogP contribution in [0.5, 0.6) is 11.5 Å². The zero-order chi connectivity index (χ0) is 16.1. The quantitative estimate of drug-likeness (QED) is 0.887. The lowest BCUT2D eigenvalue weighted by atomic mass is 9.88. The Kier molecular flexibility index (Phi) is 5.19. The summed E-state index contributed by atoms with van der Waals surface area (Å²) in [5.41, 5.74) is 4.29. The van der Waals surface area contributed by atoms with Crippen molar-refractivity contribution in [1.29, 1.82) is 0 Å². The fraction of sp³-hybridized carbons (Fsp3) is 0.400. The van der Waals surface area contributed by atoms with Gasteiger partial charge in [0.05, 0.1) is 14.2 Å². The maximum Gasteiger partial charge on any atom is 0.160 e. The molecule has 0 aliphatic heterocycles. The van der Waals surface area contributed by atoms with Crippen molar-refractivity contribution < 1.29 is 9.47 Å². The van der Waals surface area contributed by atoms with E-state index in [1.54, 1.807) is 14.2 Å². The maximum absolute atomic E-state index is 5.37. The van der Waals surface area contributed by atoms with Crippen LogP contribution < -0.4 is 14.8 Å². The van der Waals surface area contributed by atoms with Gasteiger partial charge in [-0.2, -0.15) is 0 Å². The van der Waals surface area contributed by atoms with Gasteiger partial charge in [-0.3, -0.25) is 0 Å². The van der Waals surface area contributed by atoms with Gasteiger partial charge in [0, 0.05) is 6.04 Å². The van der Waals surface area contributed by atoms with E-state index in [0.29, 0.717) is 6.04 Å². The van der Waals surface area contributed by atoms with Crippen LogP contribution in [-0.4, -0.2) is 26.8 Å². The third-order valence-electron chi connectivity index (χ3n) is 4.64. The van der Waals surface area contributed by atoms with Gasteiger partial charge in [-0.25, -0.2) is 0 Å². The minimum absolute atomic E-state index is 0.588. The first-order chi connectivity index (χ1) is 11.3. The van der Waals surface area contributed by atoms with Gasteiger partial charge >= 0.3 is 0 Å². The van der Waals surface area contributed by atoms with Crippen LogP contribution in [0.25, 0.3) is 0 Å². The Balaban J connectivity index is 1.52. The first-order valence-electron chi connectivity index (χ1n) is 8.31. The number of ether oxygens (including phenoxy) is 2. The molecule has 1 atom stereocenters. The number of hydrogen-bond acceptors (Lipinski definition) is 3. The molecule has 0 saturated carbocycles. The van der Waals surface area contributed by atoms with Crippen molar-refractivity contribution in [3.05, 3.63) is 59.2 Å². The van der Waals surface area contributed by atoms with Gasteiger partial charge in [0.15, 0.2) is 11.5 Å². The van der Waals surface area contributed by atoms with Crippen molar-refractivity contribution in [3.63, 3.8) is 0 Å². The Bertz CT molecular complexity index is 654. The Labute approximate surface area is 138 Å². The molecule has 0 bridgehead atoms. The molecule has 0 unspecified atom stereocenters. The van der Waals surface area contributed by atoms with Gasteiger partial charge in [-0.15, -0.1) is 0 Å². The van der Waals surface area contributed by atoms with Crippen LogP contribution in [0.4, 0.5) is 0 Å². The van der Waals surface area contributed by atoms with E-state index in [0.717, 1.165) is 30.9 Å². The molecule has 23 heavy (non-hydrogen) atoms. The Morgan fingerprint density at radius 2 is 1.78 bits per heavy atom. The van der Waals surface area contributed by atoms with Gasteiger partial charge in [0.25, 0.3) is 0 Å². The predicted octanol–water partition coefficient (Wildman–Crippen LogP) is 3.39. The van der Waals surface area contributed by atoms with Gasteiger partial charge < -0.3 is 14.8 Å². The van der Waals surface area contributed by atoms with Crippen molar-refractivity contribution in [3.8, 4) is 11.5 Å². The fourth-order valence-electron chi connectivity index (χ4n) is 3.33. The summed E-state index contributed by atoms with van der Waals surface area (Å²) in [5.74, 6) is 1.59. The molecule has 0 heterocycles. The molecule has 0 saturated heterocycles. The first-order valence-corrected chi connectivity index (χ1v) is 8.31. The molecule has 1 aliphatic rings. The number of benzene rings is 2. The summed E-state index contributed by atoms with van der Waals surface area (Å²) in [6, 6.07) is 15.5. The zero-order valence-electron chi connectivity index (χ0n) is 14.0. The van der Waals surface area contributed by atoms with Crippen LogP contribution in [0.15, 0.2) is 42.5 Å². The summed E-state index contributed by atoms with van der Waals surface area (Å²) >= 11 is 0. The van der Waals surface area contributed by atoms with Gasteiger partial charge in [-0.05, 0) is 61.1 Å². The molecule has 2 aromatic rings. The average Bonchev–Trinajstić information content (AvgIpc) is 2.61. The summed E-state index contributed by atoms with van der Waals surface area (Å²) < 4.78 is 10.7. The van der Waals surface area contributed by atoms with E-state index in [4.69, 9.17) is 9.47 Å². The standard InChI is InChI=1S/C20H25NO2/c1-22-19-10-7-15(13-20(19)23-2)11-12-21-18-9-8-16-5-3-4-6-17(16)14-18/h3-7,10,13,18,21H,8-9,11-12,14H2,1-2H3/t18-/m0/s1. The molecule has 0 amide bonds. The third-order valence-corrected chi connectivity index (χ3v) is 4.64. The number of rotatable bonds is 6. The Morgan fingerprint density at radius 3 is 2.57 bits per heavy atom. The molecule has 3 heteroatoms. The Hall–Kier alpha value is -2.00. The maximum atomic E-state index is 5.37. The second-order valence-corrected chi connectivity index (χ2v) is 6.10. The van der Waals surface area contributed by atoms with E-state index in [-0.39, 0.29) is 0 Å². The highest BCUT2D eigenvalue weighted by molar-refractivity contribution is 5.43. The van der Waals surface area contributed by atoms with Gasteiger partial charge in [0.2, 0.25) is 0 Å². The lowest BCUT2D eigenvalue weighted by molar-refractivity contribution is 0.354. The fourth-order valence-corrected chi connectivity index (χ4v) is 3.33. The van der Waals surface area contributed by atoms with Crippen molar-refractivity contribution in [2.24, 2.45) is 0 Å². The van der Waals surface area contributed by atoms with Crippen molar-refractivity contribution in [1.82, 2.24) is 5.32 Å². The highest BCUT2D eigenvalue weighted by atomic mass is 16.5. The van der Waals surface area contributed by atoms with Crippen LogP contribution in [0.1, 0.15) is 23.1 Å². The smallest absolute Gasteiger partial charge is 0.160 e. The third kappa shape index (κ3) is 3.85. The van der Waals surface area contributed by atoms with E-state index >= 15 is 0 Å². The number of hydrogen-bond donors (Lipinski definition) is 1. The van der Waals surface area contributed by atoms with Crippen molar-refractivity contribution in [2.75, 3.05) is 20.8 Å². The SMILES string of the molecule is COc1ccc(CCN[C@H]2CCc3ccccc3C2)cc1OC. The lowest BCUT2D eigenvalue weighted by Crippen LogP contribution is -2.35.